The van der Waals surface area contributed by atoms with Crippen molar-refractivity contribution < 1.29 is 18.3 Å². The van der Waals surface area contributed by atoms with Crippen LogP contribution in [-0.2, 0) is 46.4 Å². The molecule has 0 heterocycles. The van der Waals surface area contributed by atoms with E-state index < -0.39 is 18.3 Å². The number of hydrogen-bond donors (Lipinski definition) is 0. The molecule has 0 nitrogen and oxygen atoms in total. The van der Waals surface area contributed by atoms with Gasteiger partial charge < -0.3 is 0 Å². The fraction of sp³-hybridized carbons (Fsp3) is 0.463. The molecule has 0 amide bonds. The Morgan fingerprint density at radius 3 is 1.46 bits per heavy atom. The fourth-order valence-corrected chi connectivity index (χ4v) is 29.2. The summed E-state index contributed by atoms with van der Waals surface area (Å²) in [7, 11) is 0. The van der Waals surface area contributed by atoms with Gasteiger partial charge in [0.15, 0.2) is 0 Å². The minimum atomic E-state index is -5.54. The van der Waals surface area contributed by atoms with Crippen LogP contribution in [0.3, 0.4) is 0 Å². The third-order valence-corrected chi connectivity index (χ3v) is 29.9. The molecule has 4 aromatic rings. The number of rotatable bonds is 5. The van der Waals surface area contributed by atoms with Crippen molar-refractivity contribution in [3.05, 3.63) is 131 Å². The van der Waals surface area contributed by atoms with E-state index in [9.17, 15) is 0 Å². The third-order valence-electron chi connectivity index (χ3n) is 13.2. The van der Waals surface area contributed by atoms with Gasteiger partial charge in [-0.15, -0.1) is 24.8 Å². The molecule has 2 aliphatic carbocycles. The van der Waals surface area contributed by atoms with E-state index in [-0.39, 0.29) is 57.8 Å². The van der Waals surface area contributed by atoms with Crippen LogP contribution in [0.1, 0.15) is 151 Å². The van der Waals surface area contributed by atoms with Gasteiger partial charge in [0.25, 0.3) is 0 Å². The van der Waals surface area contributed by atoms with Gasteiger partial charge in [-0.05, 0) is 0 Å². The van der Waals surface area contributed by atoms with E-state index in [1.54, 1.807) is 0 Å². The molecule has 320 valence electrons. The summed E-state index contributed by atoms with van der Waals surface area (Å²) in [6.07, 6.45) is 6.07. The molecule has 1 atom stereocenters. The summed E-state index contributed by atoms with van der Waals surface area (Å²) in [5.41, 5.74) is 12.3. The molecule has 0 radical (unpaired) electrons. The summed E-state index contributed by atoms with van der Waals surface area (Å²) in [5, 5.41) is 1.49. The first-order chi connectivity index (χ1) is 25.9. The van der Waals surface area contributed by atoms with Gasteiger partial charge >= 0.3 is 361 Å². The molecule has 0 fully saturated rings. The SMILES string of the molecule is Cl.Cl.[CH2]=[Zr]([C]1=CC(C(C)(C)C)=CC1C(C)C)([c]1cccc(Cl)c1)([c]1cccc(Cl)c1)[c]1c2c(cc(C(C)(C)C)c1C(C)(C)C)-c1cc(C(C)(C)C)c(C(C)(C)C)cc1C2. The van der Waals surface area contributed by atoms with E-state index in [1.807, 2.05) is 12.1 Å². The van der Waals surface area contributed by atoms with Crippen LogP contribution in [0.2, 0.25) is 10.0 Å². The van der Waals surface area contributed by atoms with Crippen molar-refractivity contribution >= 4 is 62.0 Å². The van der Waals surface area contributed by atoms with Gasteiger partial charge in [0.2, 0.25) is 0 Å². The van der Waals surface area contributed by atoms with Gasteiger partial charge in [0.05, 0.1) is 0 Å². The van der Waals surface area contributed by atoms with Crippen LogP contribution in [0.25, 0.3) is 11.1 Å². The van der Waals surface area contributed by atoms with Crippen molar-refractivity contribution in [2.45, 2.75) is 146 Å². The molecule has 0 aliphatic heterocycles. The van der Waals surface area contributed by atoms with Crippen molar-refractivity contribution in [3.8, 4) is 11.1 Å². The van der Waals surface area contributed by atoms with E-state index in [2.05, 4.69) is 184 Å². The van der Waals surface area contributed by atoms with E-state index in [1.165, 1.54) is 63.2 Å². The molecule has 5 heteroatoms. The Kier molecular flexibility index (Phi) is 13.6. The molecule has 0 bridgehead atoms. The first-order valence-electron chi connectivity index (χ1n) is 21.3. The van der Waals surface area contributed by atoms with Crippen LogP contribution in [-0.4, -0.2) is 4.21 Å². The van der Waals surface area contributed by atoms with E-state index >= 15 is 0 Å². The van der Waals surface area contributed by atoms with Crippen LogP contribution in [0, 0.1) is 17.3 Å². The Bertz CT molecular complexity index is 2350. The molecule has 0 N–H and O–H groups in total. The Balaban J connectivity index is 0.00000384. The van der Waals surface area contributed by atoms with Crippen LogP contribution in [0.4, 0.5) is 0 Å². The summed E-state index contributed by atoms with van der Waals surface area (Å²) in [5.74, 6) is 0.535. The molecule has 4 aromatic carbocycles. The molecule has 59 heavy (non-hydrogen) atoms. The van der Waals surface area contributed by atoms with Gasteiger partial charge in [0.1, 0.15) is 0 Å². The standard InChI is InChI=1S/C29H41.C12H19.2C6H4Cl.CH2.2ClH.Zr/c1-26(2,3)22-14-18-13-19-15-23(27(4,5)6)25(29(10,11)12)17-21(19)20(18)16-24(22)28(7,8)9;1-9(2)10-6-7-11(8-10)12(3,4)5;2*7-6-4-2-1-3-5-6;;;;/h14,16-17H,13H2,1-12H3;7-10H,1-5H3;2*1-2,4-5H;1H2;2*1H;. The van der Waals surface area contributed by atoms with Gasteiger partial charge in [-0.25, -0.2) is 0 Å². The van der Waals surface area contributed by atoms with Gasteiger partial charge in [0, 0.05) is 0 Å². The predicted molar refractivity (Wildman–Crippen MR) is 267 cm³/mol. The maximum atomic E-state index is 7.22. The number of fused-ring (bicyclic) bond motifs is 3. The second-order valence-electron chi connectivity index (χ2n) is 23.2. The van der Waals surface area contributed by atoms with Gasteiger partial charge in [-0.3, -0.25) is 0 Å². The van der Waals surface area contributed by atoms with Crippen molar-refractivity contribution in [1.82, 2.24) is 0 Å². The zero-order valence-electron chi connectivity index (χ0n) is 39.1. The molecular weight excluding hydrogens is 882 g/mol. The normalized spacial score (nSPS) is 16.3. The number of hydrogen-bond acceptors (Lipinski definition) is 0. The number of allylic oxidation sites excluding steroid dienone is 4. The molecule has 0 saturated carbocycles. The van der Waals surface area contributed by atoms with E-state index in [4.69, 9.17) is 27.4 Å². The van der Waals surface area contributed by atoms with Gasteiger partial charge in [-0.2, -0.15) is 0 Å². The van der Waals surface area contributed by atoms with Crippen molar-refractivity contribution in [1.29, 1.82) is 0 Å². The van der Waals surface area contributed by atoms with Gasteiger partial charge in [-0.1, -0.05) is 0 Å². The molecule has 1 unspecified atom stereocenters. The molecule has 6 rings (SSSR count). The second-order valence-corrected chi connectivity index (χ2v) is 36.7. The maximum absolute atomic E-state index is 7.22. The topological polar surface area (TPSA) is 0 Å². The average Bonchev–Trinajstić information content (AvgIpc) is 3.68. The van der Waals surface area contributed by atoms with Crippen molar-refractivity contribution in [2.24, 2.45) is 17.3 Å². The molecule has 0 spiro atoms. The third kappa shape index (κ3) is 8.42. The Labute approximate surface area is 382 Å². The average molecular weight is 954 g/mol. The number of benzene rings is 4. The van der Waals surface area contributed by atoms with Crippen molar-refractivity contribution in [2.75, 3.05) is 0 Å². The molecule has 0 aromatic heterocycles. The molecule has 2 aliphatic rings. The fourth-order valence-electron chi connectivity index (χ4n) is 10.3. The Hall–Kier alpha value is -1.73. The summed E-state index contributed by atoms with van der Waals surface area (Å²) in [6.45, 7) is 40.6. The predicted octanol–water partition coefficient (Wildman–Crippen LogP) is 15.1. The summed E-state index contributed by atoms with van der Waals surface area (Å²) in [4.78, 5) is 0. The molecular formula is C54H72Cl4Zr. The first-order valence-corrected chi connectivity index (χ1v) is 28.7. The summed E-state index contributed by atoms with van der Waals surface area (Å²) in [6, 6.07) is 25.5. The molecule has 0 saturated heterocycles. The summed E-state index contributed by atoms with van der Waals surface area (Å²) < 4.78 is 11.6. The van der Waals surface area contributed by atoms with Crippen LogP contribution >= 0.6 is 48.0 Å². The van der Waals surface area contributed by atoms with E-state index in [0.717, 1.165) is 16.5 Å². The van der Waals surface area contributed by atoms with Crippen molar-refractivity contribution in [3.63, 3.8) is 0 Å². The van der Waals surface area contributed by atoms with Crippen LogP contribution < -0.4 is 9.81 Å². The van der Waals surface area contributed by atoms with Crippen LogP contribution in [0.5, 0.6) is 0 Å². The zero-order chi connectivity index (χ0) is 42.7. The zero-order valence-corrected chi connectivity index (χ0v) is 44.7. The number of halogens is 4. The Morgan fingerprint density at radius 1 is 0.593 bits per heavy atom. The minimum absolute atomic E-state index is 0. The second kappa shape index (κ2) is 16.1. The van der Waals surface area contributed by atoms with Crippen LogP contribution in [0.15, 0.2) is 87.7 Å². The first kappa shape index (κ1) is 49.9. The summed E-state index contributed by atoms with van der Waals surface area (Å²) >= 11 is 8.89. The quantitative estimate of drug-likeness (QED) is 0.165. The Morgan fingerprint density at radius 2 is 1.05 bits per heavy atom. The van der Waals surface area contributed by atoms with E-state index in [0.29, 0.717) is 5.92 Å². The monoisotopic (exact) mass is 950 g/mol.